The zero-order chi connectivity index (χ0) is 18.8. The highest BCUT2D eigenvalue weighted by molar-refractivity contribution is 7.93. The van der Waals surface area contributed by atoms with Gasteiger partial charge < -0.3 is 9.47 Å². The van der Waals surface area contributed by atoms with E-state index >= 15 is 0 Å². The first-order chi connectivity index (χ1) is 11.7. The molecule has 10 heteroatoms. The zero-order valence-corrected chi connectivity index (χ0v) is 16.5. The van der Waals surface area contributed by atoms with Gasteiger partial charge in [-0.3, -0.25) is 4.72 Å². The maximum atomic E-state index is 12.7. The van der Waals surface area contributed by atoms with Crippen molar-refractivity contribution in [2.75, 3.05) is 18.4 Å². The van der Waals surface area contributed by atoms with Crippen LogP contribution < -0.4 is 4.72 Å². The van der Waals surface area contributed by atoms with E-state index in [9.17, 15) is 18.0 Å². The minimum atomic E-state index is -4.07. The molecule has 0 aliphatic heterocycles. The summed E-state index contributed by atoms with van der Waals surface area (Å²) in [6.45, 7) is 5.35. The van der Waals surface area contributed by atoms with Gasteiger partial charge in [0, 0.05) is 4.88 Å². The maximum Gasteiger partial charge on any atom is 0.349 e. The third kappa shape index (κ3) is 3.86. The molecule has 7 nitrogen and oxygen atoms in total. The molecule has 0 unspecified atom stereocenters. The molecule has 0 amide bonds. The molecule has 0 bridgehead atoms. The van der Waals surface area contributed by atoms with Gasteiger partial charge in [0.25, 0.3) is 10.0 Å². The Morgan fingerprint density at radius 3 is 2.52 bits per heavy atom. The lowest BCUT2D eigenvalue weighted by molar-refractivity contribution is 0.0526. The Balaban J connectivity index is 2.46. The van der Waals surface area contributed by atoms with Crippen molar-refractivity contribution in [1.29, 1.82) is 0 Å². The predicted octanol–water partition coefficient (Wildman–Crippen LogP) is 3.19. The maximum absolute atomic E-state index is 12.7. The summed E-state index contributed by atoms with van der Waals surface area (Å²) in [7, 11) is -2.89. The number of nitrogens with one attached hydrogen (secondary N) is 1. The summed E-state index contributed by atoms with van der Waals surface area (Å²) >= 11 is 2.10. The van der Waals surface area contributed by atoms with Crippen LogP contribution in [0.3, 0.4) is 0 Å². The van der Waals surface area contributed by atoms with Crippen LogP contribution in [0.4, 0.5) is 5.00 Å². The fourth-order valence-corrected chi connectivity index (χ4v) is 5.77. The normalized spacial score (nSPS) is 11.2. The number of aryl methyl sites for hydroxylation is 1. The molecule has 2 rings (SSSR count). The fourth-order valence-electron chi connectivity index (χ4n) is 2.08. The second-order valence-corrected chi connectivity index (χ2v) is 8.71. The van der Waals surface area contributed by atoms with E-state index in [0.29, 0.717) is 5.56 Å². The minimum Gasteiger partial charge on any atom is -0.465 e. The molecule has 0 aliphatic carbocycles. The van der Waals surface area contributed by atoms with Crippen LogP contribution >= 0.6 is 22.7 Å². The smallest absolute Gasteiger partial charge is 0.349 e. The van der Waals surface area contributed by atoms with Crippen LogP contribution in [0.2, 0.25) is 0 Å². The van der Waals surface area contributed by atoms with Gasteiger partial charge in [0.05, 0.1) is 19.3 Å². The van der Waals surface area contributed by atoms with Crippen molar-refractivity contribution in [2.24, 2.45) is 0 Å². The molecule has 0 spiro atoms. The lowest BCUT2D eigenvalue weighted by Gasteiger charge is -2.09. The van der Waals surface area contributed by atoms with Gasteiger partial charge in [0.2, 0.25) is 0 Å². The van der Waals surface area contributed by atoms with Crippen LogP contribution in [0.1, 0.15) is 37.4 Å². The van der Waals surface area contributed by atoms with Crippen LogP contribution in [0, 0.1) is 13.8 Å². The molecule has 0 radical (unpaired) electrons. The second-order valence-electron chi connectivity index (χ2n) is 4.92. The first-order valence-corrected chi connectivity index (χ1v) is 10.4. The van der Waals surface area contributed by atoms with E-state index in [1.165, 1.54) is 18.6 Å². The summed E-state index contributed by atoms with van der Waals surface area (Å²) < 4.78 is 37.4. The van der Waals surface area contributed by atoms with E-state index in [2.05, 4.69) is 9.46 Å². The molecule has 0 atom stereocenters. The Kier molecular flexibility index (Phi) is 5.86. The topological polar surface area (TPSA) is 98.8 Å². The van der Waals surface area contributed by atoms with Gasteiger partial charge in [-0.1, -0.05) is 0 Å². The summed E-state index contributed by atoms with van der Waals surface area (Å²) in [6, 6.07) is 1.32. The van der Waals surface area contributed by atoms with Crippen molar-refractivity contribution >= 4 is 49.6 Å². The number of carbonyl (C=O) groups is 2. The molecule has 0 fully saturated rings. The molecule has 25 heavy (non-hydrogen) atoms. The summed E-state index contributed by atoms with van der Waals surface area (Å²) in [5, 5.41) is 1.65. The van der Waals surface area contributed by atoms with Crippen molar-refractivity contribution in [3.63, 3.8) is 0 Å². The number of sulfonamides is 1. The first kappa shape index (κ1) is 19.4. The predicted molar refractivity (Wildman–Crippen MR) is 96.2 cm³/mol. The first-order valence-electron chi connectivity index (χ1n) is 7.18. The second kappa shape index (κ2) is 7.54. The number of anilines is 1. The van der Waals surface area contributed by atoms with Crippen LogP contribution in [0.5, 0.6) is 0 Å². The molecular formula is C15H17NO6S3. The number of rotatable bonds is 6. The number of methoxy groups -OCH3 is 1. The van der Waals surface area contributed by atoms with Crippen molar-refractivity contribution in [3.8, 4) is 0 Å². The molecule has 0 aromatic carbocycles. The Labute approximate surface area is 153 Å². The van der Waals surface area contributed by atoms with Gasteiger partial charge in [-0.05, 0) is 37.8 Å². The van der Waals surface area contributed by atoms with Crippen LogP contribution in [0.25, 0.3) is 0 Å². The molecule has 0 saturated carbocycles. The van der Waals surface area contributed by atoms with E-state index in [-0.39, 0.29) is 26.9 Å². The zero-order valence-electron chi connectivity index (χ0n) is 14.0. The van der Waals surface area contributed by atoms with E-state index in [0.717, 1.165) is 27.6 Å². The quantitative estimate of drug-likeness (QED) is 0.744. The largest absolute Gasteiger partial charge is 0.465 e. The molecule has 0 saturated heterocycles. The SMILES string of the molecule is CCOC(=O)c1c(NS(=O)(=O)c2ccsc2C(=O)OC)sc(C)c1C. The van der Waals surface area contributed by atoms with Gasteiger partial charge in [0.1, 0.15) is 14.8 Å². The van der Waals surface area contributed by atoms with Crippen molar-refractivity contribution < 1.29 is 27.5 Å². The monoisotopic (exact) mass is 403 g/mol. The van der Waals surface area contributed by atoms with Crippen LogP contribution in [-0.2, 0) is 19.5 Å². The highest BCUT2D eigenvalue weighted by Gasteiger charge is 2.28. The van der Waals surface area contributed by atoms with E-state index in [1.807, 2.05) is 0 Å². The number of hydrogen-bond acceptors (Lipinski definition) is 8. The van der Waals surface area contributed by atoms with Gasteiger partial charge in [-0.2, -0.15) is 0 Å². The van der Waals surface area contributed by atoms with Gasteiger partial charge in [-0.15, -0.1) is 22.7 Å². The van der Waals surface area contributed by atoms with Crippen LogP contribution in [-0.4, -0.2) is 34.1 Å². The Hall–Kier alpha value is -1.91. The van der Waals surface area contributed by atoms with E-state index < -0.39 is 22.0 Å². The summed E-state index contributed by atoms with van der Waals surface area (Å²) in [6.07, 6.45) is 0. The Morgan fingerprint density at radius 1 is 1.24 bits per heavy atom. The minimum absolute atomic E-state index is 0.0299. The number of hydrogen-bond donors (Lipinski definition) is 1. The molecule has 1 N–H and O–H groups in total. The average Bonchev–Trinajstić information content (AvgIpc) is 3.13. The lowest BCUT2D eigenvalue weighted by atomic mass is 10.2. The number of esters is 2. The molecule has 0 aliphatic rings. The van der Waals surface area contributed by atoms with Gasteiger partial charge in [-0.25, -0.2) is 18.0 Å². The van der Waals surface area contributed by atoms with Crippen LogP contribution in [0.15, 0.2) is 16.3 Å². The molecule has 2 aromatic rings. The molecule has 136 valence electrons. The summed E-state index contributed by atoms with van der Waals surface area (Å²) in [5.41, 5.74) is 0.836. The van der Waals surface area contributed by atoms with E-state index in [4.69, 9.17) is 4.74 Å². The molecular weight excluding hydrogens is 386 g/mol. The lowest BCUT2D eigenvalue weighted by Crippen LogP contribution is -2.17. The number of ether oxygens (including phenoxy) is 2. The molecule has 2 aromatic heterocycles. The van der Waals surface area contributed by atoms with E-state index in [1.54, 1.807) is 20.8 Å². The summed E-state index contributed by atoms with van der Waals surface area (Å²) in [4.78, 5) is 24.5. The Morgan fingerprint density at radius 2 is 1.92 bits per heavy atom. The third-order valence-electron chi connectivity index (χ3n) is 3.38. The highest BCUT2D eigenvalue weighted by Crippen LogP contribution is 2.35. The van der Waals surface area contributed by atoms with Gasteiger partial charge >= 0.3 is 11.9 Å². The highest BCUT2D eigenvalue weighted by atomic mass is 32.2. The van der Waals surface area contributed by atoms with Crippen molar-refractivity contribution in [3.05, 3.63) is 32.3 Å². The number of thiophene rings is 2. The standard InChI is InChI=1S/C15H17NO6S3/c1-5-22-14(17)11-8(2)9(3)24-13(11)16-25(19,20)10-6-7-23-12(10)15(18)21-4/h6-7,16H,5H2,1-4H3. The molecule has 2 heterocycles. The number of carbonyl (C=O) groups excluding carboxylic acids is 2. The fraction of sp³-hybridized carbons (Fsp3) is 0.333. The van der Waals surface area contributed by atoms with Gasteiger partial charge in [0.15, 0.2) is 0 Å². The summed E-state index contributed by atoms with van der Waals surface area (Å²) in [5.74, 6) is -1.33. The van der Waals surface area contributed by atoms with Crippen molar-refractivity contribution in [2.45, 2.75) is 25.7 Å². The average molecular weight is 404 g/mol. The third-order valence-corrected chi connectivity index (χ3v) is 7.05. The Bertz CT molecular complexity index is 910. The van der Waals surface area contributed by atoms with Crippen molar-refractivity contribution in [1.82, 2.24) is 0 Å².